The number of rotatable bonds is 3. The van der Waals surface area contributed by atoms with Gasteiger partial charge in [-0.1, -0.05) is 0 Å². The van der Waals surface area contributed by atoms with E-state index in [9.17, 15) is 18.0 Å². The fourth-order valence-corrected chi connectivity index (χ4v) is 3.53. The maximum Gasteiger partial charge on any atom is 0.354 e. The summed E-state index contributed by atoms with van der Waals surface area (Å²) in [7, 11) is -3.05. The maximum absolute atomic E-state index is 11.6. The van der Waals surface area contributed by atoms with Gasteiger partial charge in [0.2, 0.25) is 0 Å². The Hall–Kier alpha value is -2.16. The predicted molar refractivity (Wildman–Crippen MR) is 70.4 cm³/mol. The zero-order valence-corrected chi connectivity index (χ0v) is 11.2. The number of pyridine rings is 1. The monoisotopic (exact) mass is 299 g/mol. The van der Waals surface area contributed by atoms with Gasteiger partial charge in [-0.05, 0) is 18.6 Å². The number of carboxylic acid groups (broad SMARTS) is 1. The molecule has 1 aromatic rings. The van der Waals surface area contributed by atoms with Gasteiger partial charge in [-0.3, -0.25) is 0 Å². The van der Waals surface area contributed by atoms with Crippen LogP contribution in [0.4, 0.5) is 10.5 Å². The van der Waals surface area contributed by atoms with E-state index in [-0.39, 0.29) is 17.2 Å². The molecule has 1 atom stereocenters. The second kappa shape index (κ2) is 5.45. The van der Waals surface area contributed by atoms with E-state index in [0.29, 0.717) is 12.1 Å². The first kappa shape index (κ1) is 14.3. The summed E-state index contributed by atoms with van der Waals surface area (Å²) in [6.45, 7) is 0. The van der Waals surface area contributed by atoms with Crippen LogP contribution in [0.1, 0.15) is 16.9 Å². The lowest BCUT2D eigenvalue weighted by molar-refractivity contribution is 0.0690. The topological polar surface area (TPSA) is 125 Å². The van der Waals surface area contributed by atoms with Crippen LogP contribution in [-0.4, -0.2) is 48.1 Å². The Bertz CT molecular complexity index is 626. The van der Waals surface area contributed by atoms with Gasteiger partial charge in [0, 0.05) is 6.04 Å². The van der Waals surface area contributed by atoms with Crippen molar-refractivity contribution in [3.8, 4) is 0 Å². The molecule has 1 aliphatic heterocycles. The van der Waals surface area contributed by atoms with E-state index in [1.54, 1.807) is 0 Å². The van der Waals surface area contributed by atoms with Crippen LogP contribution in [-0.2, 0) is 9.84 Å². The van der Waals surface area contributed by atoms with Crippen molar-refractivity contribution in [3.05, 3.63) is 24.0 Å². The number of aromatic nitrogens is 1. The van der Waals surface area contributed by atoms with Crippen molar-refractivity contribution in [3.63, 3.8) is 0 Å². The number of nitrogens with one attached hydrogen (secondary N) is 2. The van der Waals surface area contributed by atoms with E-state index in [1.807, 2.05) is 0 Å². The zero-order valence-electron chi connectivity index (χ0n) is 10.4. The third-order valence-corrected chi connectivity index (χ3v) is 4.58. The molecule has 1 aliphatic rings. The molecular formula is C11H13N3O5S. The maximum atomic E-state index is 11.6. The van der Waals surface area contributed by atoms with Crippen molar-refractivity contribution >= 4 is 27.5 Å². The van der Waals surface area contributed by atoms with Crippen LogP contribution in [0.25, 0.3) is 0 Å². The van der Waals surface area contributed by atoms with Crippen LogP contribution in [0, 0.1) is 0 Å². The average Bonchev–Trinajstić information content (AvgIpc) is 2.69. The van der Waals surface area contributed by atoms with Crippen molar-refractivity contribution in [2.45, 2.75) is 12.5 Å². The summed E-state index contributed by atoms with van der Waals surface area (Å²) in [6, 6.07) is 1.72. The summed E-state index contributed by atoms with van der Waals surface area (Å²) in [4.78, 5) is 25.9. The lowest BCUT2D eigenvalue weighted by Gasteiger charge is -2.11. The summed E-state index contributed by atoms with van der Waals surface area (Å²) in [6.07, 6.45) is 1.61. The van der Waals surface area contributed by atoms with Crippen molar-refractivity contribution in [1.82, 2.24) is 10.3 Å². The highest BCUT2D eigenvalue weighted by Crippen LogP contribution is 2.12. The summed E-state index contributed by atoms with van der Waals surface area (Å²) in [5.41, 5.74) is 0.200. The molecular weight excluding hydrogens is 286 g/mol. The van der Waals surface area contributed by atoms with Crippen LogP contribution < -0.4 is 10.6 Å². The highest BCUT2D eigenvalue weighted by Gasteiger charge is 2.28. The Kier molecular flexibility index (Phi) is 3.89. The summed E-state index contributed by atoms with van der Waals surface area (Å²) < 4.78 is 22.5. The largest absolute Gasteiger partial charge is 0.477 e. The van der Waals surface area contributed by atoms with Gasteiger partial charge in [-0.25, -0.2) is 23.0 Å². The zero-order chi connectivity index (χ0) is 14.8. The molecule has 0 radical (unpaired) electrons. The molecule has 2 amide bonds. The SMILES string of the molecule is O=C(Nc1ccc(C(=O)O)nc1)NC1CCS(=O)(=O)C1. The van der Waals surface area contributed by atoms with Crippen molar-refractivity contribution in [1.29, 1.82) is 0 Å². The summed E-state index contributed by atoms with van der Waals surface area (Å²) >= 11 is 0. The molecule has 2 heterocycles. The van der Waals surface area contributed by atoms with Crippen LogP contribution >= 0.6 is 0 Å². The lowest BCUT2D eigenvalue weighted by atomic mass is 10.3. The molecule has 108 valence electrons. The minimum Gasteiger partial charge on any atom is -0.477 e. The van der Waals surface area contributed by atoms with E-state index >= 15 is 0 Å². The van der Waals surface area contributed by atoms with Crippen molar-refractivity contribution in [2.75, 3.05) is 16.8 Å². The number of anilines is 1. The number of carboxylic acids is 1. The summed E-state index contributed by atoms with van der Waals surface area (Å²) in [5.74, 6) is -1.14. The Balaban J connectivity index is 1.90. The van der Waals surface area contributed by atoms with Gasteiger partial charge in [0.05, 0.1) is 23.4 Å². The second-order valence-electron chi connectivity index (χ2n) is 4.44. The Labute approximate surface area is 115 Å². The van der Waals surface area contributed by atoms with Gasteiger partial charge in [0.25, 0.3) is 0 Å². The van der Waals surface area contributed by atoms with Crippen LogP contribution in [0.15, 0.2) is 18.3 Å². The Morgan fingerprint density at radius 3 is 2.60 bits per heavy atom. The van der Waals surface area contributed by atoms with E-state index in [0.717, 1.165) is 0 Å². The highest BCUT2D eigenvalue weighted by molar-refractivity contribution is 7.91. The number of sulfone groups is 1. The number of urea groups is 1. The third-order valence-electron chi connectivity index (χ3n) is 2.81. The first-order valence-electron chi connectivity index (χ1n) is 5.83. The van der Waals surface area contributed by atoms with Gasteiger partial charge in [0.15, 0.2) is 9.84 Å². The van der Waals surface area contributed by atoms with E-state index < -0.39 is 27.9 Å². The minimum atomic E-state index is -3.05. The first-order chi connectivity index (χ1) is 9.35. The van der Waals surface area contributed by atoms with Crippen LogP contribution in [0.2, 0.25) is 0 Å². The lowest BCUT2D eigenvalue weighted by Crippen LogP contribution is -2.38. The molecule has 0 spiro atoms. The molecule has 1 aromatic heterocycles. The van der Waals surface area contributed by atoms with Gasteiger partial charge in [-0.2, -0.15) is 0 Å². The second-order valence-corrected chi connectivity index (χ2v) is 6.66. The molecule has 0 aromatic carbocycles. The Morgan fingerprint density at radius 1 is 1.35 bits per heavy atom. The number of nitrogens with zero attached hydrogens (tertiary/aromatic N) is 1. The molecule has 0 saturated carbocycles. The molecule has 1 unspecified atom stereocenters. The average molecular weight is 299 g/mol. The highest BCUT2D eigenvalue weighted by atomic mass is 32.2. The molecule has 0 bridgehead atoms. The molecule has 9 heteroatoms. The van der Waals surface area contributed by atoms with Gasteiger partial charge >= 0.3 is 12.0 Å². The number of hydrogen-bond acceptors (Lipinski definition) is 5. The van der Waals surface area contributed by atoms with Crippen LogP contribution in [0.3, 0.4) is 0 Å². The number of amides is 2. The van der Waals surface area contributed by atoms with Gasteiger partial charge < -0.3 is 15.7 Å². The number of carbonyl (C=O) groups is 2. The standard InChI is InChI=1S/C11H13N3O5S/c15-10(16)9-2-1-7(5-12-9)13-11(17)14-8-3-4-20(18,19)6-8/h1-2,5,8H,3-4,6H2,(H,15,16)(H2,13,14,17). The van der Waals surface area contributed by atoms with E-state index in [4.69, 9.17) is 5.11 Å². The fraction of sp³-hybridized carbons (Fsp3) is 0.364. The molecule has 8 nitrogen and oxygen atoms in total. The first-order valence-corrected chi connectivity index (χ1v) is 7.65. The fourth-order valence-electron chi connectivity index (χ4n) is 1.86. The number of aromatic carboxylic acids is 1. The molecule has 2 rings (SSSR count). The third kappa shape index (κ3) is 3.67. The van der Waals surface area contributed by atoms with Gasteiger partial charge in [0.1, 0.15) is 5.69 Å². The van der Waals surface area contributed by atoms with Gasteiger partial charge in [-0.15, -0.1) is 0 Å². The smallest absolute Gasteiger partial charge is 0.354 e. The van der Waals surface area contributed by atoms with Crippen molar-refractivity contribution < 1.29 is 23.1 Å². The van der Waals surface area contributed by atoms with Crippen LogP contribution in [0.5, 0.6) is 0 Å². The van der Waals surface area contributed by atoms with E-state index in [2.05, 4.69) is 15.6 Å². The summed E-state index contributed by atoms with van der Waals surface area (Å²) in [5, 5.41) is 13.7. The predicted octanol–water partition coefficient (Wildman–Crippen LogP) is 0.0884. The quantitative estimate of drug-likeness (QED) is 0.726. The normalized spacial score (nSPS) is 20.3. The molecule has 3 N–H and O–H groups in total. The molecule has 1 fully saturated rings. The Morgan fingerprint density at radius 2 is 2.10 bits per heavy atom. The van der Waals surface area contributed by atoms with E-state index in [1.165, 1.54) is 18.3 Å². The number of hydrogen-bond donors (Lipinski definition) is 3. The molecule has 1 saturated heterocycles. The van der Waals surface area contributed by atoms with Crippen molar-refractivity contribution in [2.24, 2.45) is 0 Å². The molecule has 0 aliphatic carbocycles. The molecule has 20 heavy (non-hydrogen) atoms. The number of carbonyl (C=O) groups excluding carboxylic acids is 1. The minimum absolute atomic E-state index is 0.0589.